The van der Waals surface area contributed by atoms with E-state index in [2.05, 4.69) is 10.0 Å². The lowest BCUT2D eigenvalue weighted by molar-refractivity contribution is -0.122. The first-order chi connectivity index (χ1) is 14.6. The van der Waals surface area contributed by atoms with Crippen LogP contribution in [0.1, 0.15) is 18.1 Å². The molecule has 3 aromatic rings. The summed E-state index contributed by atoms with van der Waals surface area (Å²) >= 11 is 5.92. The van der Waals surface area contributed by atoms with Crippen LogP contribution < -0.4 is 14.8 Å². The molecular formula is C23H23ClN2O4S. The Balaban J connectivity index is 1.65. The molecule has 3 rings (SSSR count). The number of benzene rings is 3. The zero-order valence-electron chi connectivity index (χ0n) is 17.3. The minimum atomic E-state index is -3.75. The molecule has 3 aromatic carbocycles. The van der Waals surface area contributed by atoms with E-state index >= 15 is 0 Å². The van der Waals surface area contributed by atoms with Gasteiger partial charge < -0.3 is 10.1 Å². The van der Waals surface area contributed by atoms with E-state index in [9.17, 15) is 13.2 Å². The van der Waals surface area contributed by atoms with Gasteiger partial charge in [0.1, 0.15) is 5.75 Å². The summed E-state index contributed by atoms with van der Waals surface area (Å²) in [5.41, 5.74) is 2.86. The van der Waals surface area contributed by atoms with Gasteiger partial charge in [0.25, 0.3) is 15.9 Å². The van der Waals surface area contributed by atoms with Crippen molar-refractivity contribution in [3.63, 3.8) is 0 Å². The van der Waals surface area contributed by atoms with Crippen molar-refractivity contribution in [2.24, 2.45) is 0 Å². The molecule has 0 fully saturated rings. The van der Waals surface area contributed by atoms with Crippen molar-refractivity contribution in [1.29, 1.82) is 0 Å². The molecule has 6 nitrogen and oxygen atoms in total. The minimum Gasteiger partial charge on any atom is -0.481 e. The molecule has 0 aliphatic carbocycles. The first-order valence-electron chi connectivity index (χ1n) is 9.57. The van der Waals surface area contributed by atoms with Gasteiger partial charge in [-0.1, -0.05) is 35.4 Å². The summed E-state index contributed by atoms with van der Waals surface area (Å²) in [6.07, 6.45) is -0.770. The number of hydrogen-bond donors (Lipinski definition) is 2. The molecule has 0 spiro atoms. The number of rotatable bonds is 7. The third-order valence-electron chi connectivity index (χ3n) is 4.54. The van der Waals surface area contributed by atoms with E-state index in [-0.39, 0.29) is 10.8 Å². The topological polar surface area (TPSA) is 84.5 Å². The molecule has 0 bridgehead atoms. The summed E-state index contributed by atoms with van der Waals surface area (Å²) in [6, 6.07) is 18.2. The molecule has 1 amide bonds. The Hall–Kier alpha value is -3.03. The van der Waals surface area contributed by atoms with Crippen LogP contribution in [-0.2, 0) is 14.8 Å². The minimum absolute atomic E-state index is 0.0914. The maximum atomic E-state index is 12.7. The number of hydrogen-bond acceptors (Lipinski definition) is 4. The van der Waals surface area contributed by atoms with Crippen molar-refractivity contribution in [3.8, 4) is 5.75 Å². The highest BCUT2D eigenvalue weighted by Gasteiger charge is 2.18. The molecule has 0 aromatic heterocycles. The highest BCUT2D eigenvalue weighted by atomic mass is 35.5. The fourth-order valence-electron chi connectivity index (χ4n) is 2.89. The lowest BCUT2D eigenvalue weighted by Gasteiger charge is -2.15. The second-order valence-electron chi connectivity index (χ2n) is 7.15. The van der Waals surface area contributed by atoms with Crippen LogP contribution in [0.3, 0.4) is 0 Å². The molecule has 0 saturated carbocycles. The molecule has 1 atom stereocenters. The smallest absolute Gasteiger partial charge is 0.265 e. The predicted octanol–water partition coefficient (Wildman–Crippen LogP) is 5.16. The van der Waals surface area contributed by atoms with Gasteiger partial charge in [-0.25, -0.2) is 8.42 Å². The van der Waals surface area contributed by atoms with E-state index < -0.39 is 16.1 Å². The van der Waals surface area contributed by atoms with Crippen LogP contribution in [-0.4, -0.2) is 20.4 Å². The zero-order chi connectivity index (χ0) is 22.6. The number of amides is 1. The number of aryl methyl sites for hydroxylation is 2. The molecule has 162 valence electrons. The van der Waals surface area contributed by atoms with Crippen LogP contribution in [0.2, 0.25) is 5.02 Å². The zero-order valence-corrected chi connectivity index (χ0v) is 18.9. The van der Waals surface area contributed by atoms with Crippen LogP contribution in [0.25, 0.3) is 0 Å². The lowest BCUT2D eigenvalue weighted by atomic mass is 10.1. The monoisotopic (exact) mass is 458 g/mol. The Morgan fingerprint density at radius 3 is 2.35 bits per heavy atom. The highest BCUT2D eigenvalue weighted by molar-refractivity contribution is 7.92. The van der Waals surface area contributed by atoms with Gasteiger partial charge in [0.15, 0.2) is 6.10 Å². The van der Waals surface area contributed by atoms with Crippen LogP contribution in [0.15, 0.2) is 71.6 Å². The van der Waals surface area contributed by atoms with Gasteiger partial charge in [0.2, 0.25) is 0 Å². The molecule has 0 saturated heterocycles. The second kappa shape index (κ2) is 9.41. The first kappa shape index (κ1) is 22.7. The van der Waals surface area contributed by atoms with Gasteiger partial charge >= 0.3 is 0 Å². The highest BCUT2D eigenvalue weighted by Crippen LogP contribution is 2.22. The predicted molar refractivity (Wildman–Crippen MR) is 123 cm³/mol. The van der Waals surface area contributed by atoms with Gasteiger partial charge in [0, 0.05) is 10.7 Å². The average Bonchev–Trinajstić information content (AvgIpc) is 2.70. The molecule has 31 heavy (non-hydrogen) atoms. The van der Waals surface area contributed by atoms with Crippen molar-refractivity contribution in [3.05, 3.63) is 82.9 Å². The summed E-state index contributed by atoms with van der Waals surface area (Å²) in [5, 5.41) is 3.22. The Kier molecular flexibility index (Phi) is 6.87. The number of nitrogens with one attached hydrogen (secondary N) is 2. The van der Waals surface area contributed by atoms with E-state index in [1.54, 1.807) is 37.3 Å². The van der Waals surface area contributed by atoms with E-state index in [1.165, 1.54) is 24.3 Å². The van der Waals surface area contributed by atoms with Crippen LogP contribution >= 0.6 is 11.6 Å². The molecule has 2 N–H and O–H groups in total. The van der Waals surface area contributed by atoms with E-state index in [1.807, 2.05) is 26.0 Å². The van der Waals surface area contributed by atoms with Gasteiger partial charge in [-0.05, 0) is 74.9 Å². The van der Waals surface area contributed by atoms with Crippen molar-refractivity contribution in [2.75, 3.05) is 10.0 Å². The van der Waals surface area contributed by atoms with Crippen molar-refractivity contribution in [2.45, 2.75) is 31.8 Å². The number of ether oxygens (including phenoxy) is 1. The maximum absolute atomic E-state index is 12.7. The summed E-state index contributed by atoms with van der Waals surface area (Å²) < 4.78 is 33.5. The summed E-state index contributed by atoms with van der Waals surface area (Å²) in [6.45, 7) is 5.40. The molecular weight excluding hydrogens is 436 g/mol. The number of halogens is 1. The van der Waals surface area contributed by atoms with Gasteiger partial charge in [-0.15, -0.1) is 0 Å². The Labute approximate surface area is 187 Å². The number of carbonyl (C=O) groups is 1. The first-order valence-corrected chi connectivity index (χ1v) is 11.4. The van der Waals surface area contributed by atoms with E-state index in [4.69, 9.17) is 16.3 Å². The quantitative estimate of drug-likeness (QED) is 0.512. The number of carbonyl (C=O) groups excluding carboxylic acids is 1. The normalized spacial score (nSPS) is 12.1. The van der Waals surface area contributed by atoms with Gasteiger partial charge in [-0.2, -0.15) is 0 Å². The maximum Gasteiger partial charge on any atom is 0.265 e. The molecule has 0 radical (unpaired) electrons. The lowest BCUT2D eigenvalue weighted by Crippen LogP contribution is -2.30. The van der Waals surface area contributed by atoms with Crippen LogP contribution in [0.4, 0.5) is 11.4 Å². The Morgan fingerprint density at radius 2 is 1.71 bits per heavy atom. The molecule has 0 aliphatic rings. The fourth-order valence-corrected chi connectivity index (χ4v) is 4.20. The van der Waals surface area contributed by atoms with Crippen molar-refractivity contribution in [1.82, 2.24) is 0 Å². The largest absolute Gasteiger partial charge is 0.481 e. The summed E-state index contributed by atoms with van der Waals surface area (Å²) in [4.78, 5) is 12.5. The Bertz CT molecular complexity index is 1190. The molecule has 0 heterocycles. The third kappa shape index (κ3) is 5.99. The van der Waals surface area contributed by atoms with Crippen LogP contribution in [0.5, 0.6) is 5.75 Å². The SMILES string of the molecule is Cc1ccc(NS(=O)(=O)c2ccc(NC(=O)C(C)Oc3cccc(Cl)c3)cc2)c(C)c1. The van der Waals surface area contributed by atoms with Crippen molar-refractivity contribution >= 4 is 38.9 Å². The van der Waals surface area contributed by atoms with Gasteiger partial charge in [0.05, 0.1) is 10.6 Å². The number of sulfonamides is 1. The van der Waals surface area contributed by atoms with Crippen LogP contribution in [0, 0.1) is 13.8 Å². The number of anilines is 2. The van der Waals surface area contributed by atoms with Gasteiger partial charge in [-0.3, -0.25) is 9.52 Å². The fraction of sp³-hybridized carbons (Fsp3) is 0.174. The average molecular weight is 459 g/mol. The van der Waals surface area contributed by atoms with Crippen molar-refractivity contribution < 1.29 is 17.9 Å². The summed E-state index contributed by atoms with van der Waals surface area (Å²) in [7, 11) is -3.75. The Morgan fingerprint density at radius 1 is 1.00 bits per heavy atom. The molecule has 1 unspecified atom stereocenters. The van der Waals surface area contributed by atoms with E-state index in [0.29, 0.717) is 22.1 Å². The standard InChI is InChI=1S/C23H23ClN2O4S/c1-15-7-12-22(16(2)13-15)26-31(28,29)21-10-8-19(9-11-21)25-23(27)17(3)30-20-6-4-5-18(24)14-20/h4-14,17,26H,1-3H3,(H,25,27). The third-order valence-corrected chi connectivity index (χ3v) is 6.15. The molecule has 8 heteroatoms. The van der Waals surface area contributed by atoms with E-state index in [0.717, 1.165) is 11.1 Å². The second-order valence-corrected chi connectivity index (χ2v) is 9.27. The molecule has 0 aliphatic heterocycles. The summed E-state index contributed by atoms with van der Waals surface area (Å²) in [5.74, 6) is 0.109.